The molecule has 1 amide bonds. The Balaban J connectivity index is 1.28. The van der Waals surface area contributed by atoms with Crippen molar-refractivity contribution in [2.24, 2.45) is 7.05 Å². The third-order valence-electron chi connectivity index (χ3n) is 3.90. The zero-order valence-corrected chi connectivity index (χ0v) is 16.7. The van der Waals surface area contributed by atoms with Crippen molar-refractivity contribution in [3.63, 3.8) is 0 Å². The Morgan fingerprint density at radius 3 is 2.86 bits per heavy atom. The molecule has 3 heterocycles. The highest BCUT2D eigenvalue weighted by Gasteiger charge is 2.11. The summed E-state index contributed by atoms with van der Waals surface area (Å²) in [5.41, 5.74) is 0.749. The lowest BCUT2D eigenvalue weighted by molar-refractivity contribution is -0.116. The molecular weight excluding hydrogens is 394 g/mol. The minimum absolute atomic E-state index is 0.0969. The van der Waals surface area contributed by atoms with Gasteiger partial charge in [0.1, 0.15) is 0 Å². The van der Waals surface area contributed by atoms with Gasteiger partial charge in [-0.3, -0.25) is 4.79 Å². The number of nitrogens with zero attached hydrogens (tertiary/aromatic N) is 4. The van der Waals surface area contributed by atoms with Gasteiger partial charge in [0.05, 0.1) is 4.88 Å². The largest absolute Gasteiger partial charge is 0.339 e. The van der Waals surface area contributed by atoms with Crippen LogP contribution in [0.25, 0.3) is 10.7 Å². The maximum absolute atomic E-state index is 12.2. The lowest BCUT2D eigenvalue weighted by Crippen LogP contribution is -2.12. The summed E-state index contributed by atoms with van der Waals surface area (Å²) in [4.78, 5) is 22.8. The summed E-state index contributed by atoms with van der Waals surface area (Å²) in [6, 6.07) is 11.5. The van der Waals surface area contributed by atoms with Crippen molar-refractivity contribution < 1.29 is 9.32 Å². The normalized spacial score (nSPS) is 10.9. The molecular formula is C19H17N5O2S2. The van der Waals surface area contributed by atoms with Crippen LogP contribution in [0.4, 0.5) is 5.69 Å². The Kier molecular flexibility index (Phi) is 5.54. The average molecular weight is 412 g/mol. The van der Waals surface area contributed by atoms with E-state index in [9.17, 15) is 4.79 Å². The van der Waals surface area contributed by atoms with Gasteiger partial charge in [-0.25, -0.2) is 4.98 Å². The first-order chi connectivity index (χ1) is 13.7. The molecule has 0 bridgehead atoms. The van der Waals surface area contributed by atoms with Crippen molar-refractivity contribution in [2.75, 3.05) is 5.32 Å². The average Bonchev–Trinajstić information content (AvgIpc) is 3.44. The molecule has 7 nitrogen and oxygen atoms in total. The van der Waals surface area contributed by atoms with Gasteiger partial charge in [-0.15, -0.1) is 11.3 Å². The standard InChI is InChI=1S/C19H17N5O2S2/c1-24-11-10-20-19(24)28-14-6-4-13(5-7-14)21-16(25)8-9-17-22-18(23-26-17)15-3-2-12-27-15/h2-7,10-12H,8-9H2,1H3,(H,21,25). The second-order valence-electron chi connectivity index (χ2n) is 5.98. The number of benzene rings is 1. The van der Waals surface area contributed by atoms with E-state index in [0.717, 1.165) is 20.6 Å². The molecule has 0 spiro atoms. The molecule has 4 rings (SSSR count). The van der Waals surface area contributed by atoms with Crippen molar-refractivity contribution in [1.29, 1.82) is 0 Å². The van der Waals surface area contributed by atoms with E-state index in [4.69, 9.17) is 4.52 Å². The zero-order chi connectivity index (χ0) is 19.3. The number of amides is 1. The molecule has 0 fully saturated rings. The highest BCUT2D eigenvalue weighted by atomic mass is 32.2. The molecule has 0 aliphatic rings. The summed E-state index contributed by atoms with van der Waals surface area (Å²) >= 11 is 3.12. The zero-order valence-electron chi connectivity index (χ0n) is 15.0. The maximum Gasteiger partial charge on any atom is 0.227 e. The summed E-state index contributed by atoms with van der Waals surface area (Å²) in [7, 11) is 1.96. The van der Waals surface area contributed by atoms with E-state index >= 15 is 0 Å². The van der Waals surface area contributed by atoms with Crippen LogP contribution in [0.15, 0.2) is 68.7 Å². The lowest BCUT2D eigenvalue weighted by atomic mass is 10.2. The van der Waals surface area contributed by atoms with Crippen LogP contribution in [0, 0.1) is 0 Å². The van der Waals surface area contributed by atoms with Crippen molar-refractivity contribution in [1.82, 2.24) is 19.7 Å². The molecule has 0 radical (unpaired) electrons. The van der Waals surface area contributed by atoms with Gasteiger partial charge >= 0.3 is 0 Å². The number of hydrogen-bond donors (Lipinski definition) is 1. The fraction of sp³-hybridized carbons (Fsp3) is 0.158. The molecule has 0 saturated carbocycles. The Bertz CT molecular complexity index is 1050. The topological polar surface area (TPSA) is 85.8 Å². The first kappa shape index (κ1) is 18.5. The quantitative estimate of drug-likeness (QED) is 0.489. The SMILES string of the molecule is Cn1ccnc1Sc1ccc(NC(=O)CCc2nc(-c3cccs3)no2)cc1. The predicted molar refractivity (Wildman–Crippen MR) is 108 cm³/mol. The van der Waals surface area contributed by atoms with Crippen LogP contribution in [0.2, 0.25) is 0 Å². The molecule has 4 aromatic rings. The van der Waals surface area contributed by atoms with E-state index in [-0.39, 0.29) is 12.3 Å². The van der Waals surface area contributed by atoms with Gasteiger partial charge in [0.25, 0.3) is 0 Å². The van der Waals surface area contributed by atoms with E-state index in [1.54, 1.807) is 29.3 Å². The van der Waals surface area contributed by atoms with Gasteiger partial charge in [-0.05, 0) is 35.7 Å². The number of anilines is 1. The van der Waals surface area contributed by atoms with Crippen molar-refractivity contribution in [2.45, 2.75) is 22.9 Å². The minimum Gasteiger partial charge on any atom is -0.339 e. The molecule has 0 saturated heterocycles. The summed E-state index contributed by atoms with van der Waals surface area (Å²) in [6.45, 7) is 0. The van der Waals surface area contributed by atoms with Gasteiger partial charge in [0, 0.05) is 42.9 Å². The number of imidazole rings is 1. The smallest absolute Gasteiger partial charge is 0.227 e. The number of thiophene rings is 1. The summed E-state index contributed by atoms with van der Waals surface area (Å²) in [5.74, 6) is 0.923. The van der Waals surface area contributed by atoms with E-state index in [1.165, 1.54) is 0 Å². The lowest BCUT2D eigenvalue weighted by Gasteiger charge is -2.06. The van der Waals surface area contributed by atoms with Crippen LogP contribution in [-0.2, 0) is 18.3 Å². The third kappa shape index (κ3) is 4.49. The highest BCUT2D eigenvalue weighted by molar-refractivity contribution is 7.99. The van der Waals surface area contributed by atoms with Crippen molar-refractivity contribution in [3.8, 4) is 10.7 Å². The van der Waals surface area contributed by atoms with E-state index in [2.05, 4.69) is 20.4 Å². The molecule has 9 heteroatoms. The Labute approximate surface area is 169 Å². The molecule has 28 heavy (non-hydrogen) atoms. The number of aromatic nitrogens is 4. The number of rotatable bonds is 7. The number of carbonyl (C=O) groups is 1. The van der Waals surface area contributed by atoms with E-state index in [1.807, 2.05) is 59.6 Å². The molecule has 0 aliphatic carbocycles. The minimum atomic E-state index is -0.0969. The van der Waals surface area contributed by atoms with Gasteiger partial charge in [0.2, 0.25) is 17.6 Å². The number of nitrogens with one attached hydrogen (secondary N) is 1. The molecule has 3 aromatic heterocycles. The first-order valence-electron chi connectivity index (χ1n) is 8.59. The molecule has 0 aliphatic heterocycles. The summed E-state index contributed by atoms with van der Waals surface area (Å²) in [5, 5.41) is 9.71. The molecule has 1 N–H and O–H groups in total. The molecule has 0 unspecified atom stereocenters. The van der Waals surface area contributed by atoms with Crippen LogP contribution in [-0.4, -0.2) is 25.6 Å². The molecule has 142 valence electrons. The van der Waals surface area contributed by atoms with Crippen molar-refractivity contribution in [3.05, 3.63) is 60.1 Å². The number of aryl methyl sites for hydroxylation is 2. The van der Waals surface area contributed by atoms with Crippen molar-refractivity contribution >= 4 is 34.7 Å². The van der Waals surface area contributed by atoms with Gasteiger partial charge in [-0.2, -0.15) is 4.98 Å². The Morgan fingerprint density at radius 2 is 2.14 bits per heavy atom. The summed E-state index contributed by atoms with van der Waals surface area (Å²) in [6.07, 6.45) is 4.35. The third-order valence-corrected chi connectivity index (χ3v) is 5.85. The highest BCUT2D eigenvalue weighted by Crippen LogP contribution is 2.27. The van der Waals surface area contributed by atoms with Gasteiger partial charge < -0.3 is 14.4 Å². The number of hydrogen-bond acceptors (Lipinski definition) is 7. The van der Waals surface area contributed by atoms with Crippen LogP contribution in [0.3, 0.4) is 0 Å². The van der Waals surface area contributed by atoms with Gasteiger partial charge in [0.15, 0.2) is 5.16 Å². The fourth-order valence-corrected chi connectivity index (χ4v) is 3.92. The predicted octanol–water partition coefficient (Wildman–Crippen LogP) is 4.25. The fourth-order valence-electron chi connectivity index (χ4n) is 2.47. The Morgan fingerprint density at radius 1 is 1.29 bits per heavy atom. The van der Waals surface area contributed by atoms with E-state index in [0.29, 0.717) is 18.1 Å². The second-order valence-corrected chi connectivity index (χ2v) is 7.97. The maximum atomic E-state index is 12.2. The van der Waals surface area contributed by atoms with Crippen LogP contribution < -0.4 is 5.32 Å². The van der Waals surface area contributed by atoms with E-state index < -0.39 is 0 Å². The van der Waals surface area contributed by atoms with Crippen LogP contribution in [0.1, 0.15) is 12.3 Å². The first-order valence-corrected chi connectivity index (χ1v) is 10.3. The second kappa shape index (κ2) is 8.41. The number of carbonyl (C=O) groups excluding carboxylic acids is 1. The van der Waals surface area contributed by atoms with Crippen LogP contribution >= 0.6 is 23.1 Å². The molecule has 1 aromatic carbocycles. The summed E-state index contributed by atoms with van der Waals surface area (Å²) < 4.78 is 7.18. The monoisotopic (exact) mass is 411 g/mol. The molecule has 0 atom stereocenters. The Hall–Kier alpha value is -2.91. The van der Waals surface area contributed by atoms with Gasteiger partial charge in [-0.1, -0.05) is 23.0 Å². The van der Waals surface area contributed by atoms with Crippen LogP contribution in [0.5, 0.6) is 0 Å².